The molecule has 2 aromatic heterocycles. The molecule has 0 saturated heterocycles. The largest absolute Gasteiger partial charge is 0.325 e. The summed E-state index contributed by atoms with van der Waals surface area (Å²) in [4.78, 5) is 23.6. The number of carbonyl (C=O) groups excluding carboxylic acids is 1. The van der Waals surface area contributed by atoms with Gasteiger partial charge in [0, 0.05) is 23.9 Å². The molecule has 0 aliphatic carbocycles. The molecule has 10 heteroatoms. The number of anilines is 1. The van der Waals surface area contributed by atoms with Crippen molar-refractivity contribution < 1.29 is 9.72 Å². The molecule has 0 aliphatic heterocycles. The molecule has 1 amide bonds. The minimum atomic E-state index is -0.498. The Morgan fingerprint density at radius 1 is 1.33 bits per heavy atom. The van der Waals surface area contributed by atoms with Crippen molar-refractivity contribution in [2.75, 3.05) is 11.1 Å². The van der Waals surface area contributed by atoms with E-state index in [1.807, 2.05) is 35.9 Å². The quantitative estimate of drug-likeness (QED) is 0.360. The third-order valence-electron chi connectivity index (χ3n) is 3.60. The first-order chi connectivity index (χ1) is 13.0. The molecule has 0 unspecified atom stereocenters. The van der Waals surface area contributed by atoms with E-state index >= 15 is 0 Å². The van der Waals surface area contributed by atoms with Crippen LogP contribution in [0.3, 0.4) is 0 Å². The number of hydrogen-bond donors (Lipinski definition) is 1. The molecule has 0 atom stereocenters. The lowest BCUT2D eigenvalue weighted by atomic mass is 10.3. The van der Waals surface area contributed by atoms with Gasteiger partial charge < -0.3 is 5.32 Å². The predicted octanol–water partition coefficient (Wildman–Crippen LogP) is 4.23. The van der Waals surface area contributed by atoms with Gasteiger partial charge in [-0.05, 0) is 31.4 Å². The highest BCUT2D eigenvalue weighted by Crippen LogP contribution is 2.30. The Hall–Kier alpha value is -2.72. The summed E-state index contributed by atoms with van der Waals surface area (Å²) in [6.45, 7) is 4.07. The third-order valence-corrected chi connectivity index (χ3v) is 5.40. The number of nitro groups is 1. The highest BCUT2D eigenvalue weighted by molar-refractivity contribution is 7.99. The Morgan fingerprint density at radius 3 is 2.81 bits per heavy atom. The zero-order valence-electron chi connectivity index (χ0n) is 14.7. The Bertz CT molecular complexity index is 953. The summed E-state index contributed by atoms with van der Waals surface area (Å²) in [6, 6.07) is 9.93. The molecule has 2 heterocycles. The van der Waals surface area contributed by atoms with Gasteiger partial charge in [-0.2, -0.15) is 0 Å². The van der Waals surface area contributed by atoms with E-state index in [1.165, 1.54) is 30.0 Å². The molecule has 1 N–H and O–H groups in total. The maximum atomic E-state index is 12.2. The summed E-state index contributed by atoms with van der Waals surface area (Å²) in [7, 11) is 0. The summed E-state index contributed by atoms with van der Waals surface area (Å²) < 4.78 is 2.00. The number of rotatable bonds is 7. The number of nitrogens with zero attached hydrogens (tertiary/aromatic N) is 4. The molecule has 27 heavy (non-hydrogen) atoms. The van der Waals surface area contributed by atoms with Gasteiger partial charge in [-0.15, -0.1) is 21.5 Å². The average molecular weight is 403 g/mol. The number of amides is 1. The van der Waals surface area contributed by atoms with Gasteiger partial charge in [0.25, 0.3) is 5.69 Å². The molecule has 0 spiro atoms. The predicted molar refractivity (Wildman–Crippen MR) is 106 cm³/mol. The number of thiophene rings is 1. The van der Waals surface area contributed by atoms with E-state index in [9.17, 15) is 14.9 Å². The number of non-ortho nitro benzene ring substituents is 1. The number of nitro benzene ring substituents is 1. The fourth-order valence-electron chi connectivity index (χ4n) is 2.44. The Kier molecular flexibility index (Phi) is 5.87. The van der Waals surface area contributed by atoms with Gasteiger partial charge in [0.15, 0.2) is 11.0 Å². The summed E-state index contributed by atoms with van der Waals surface area (Å²) in [5.74, 6) is 0.635. The van der Waals surface area contributed by atoms with Crippen LogP contribution < -0.4 is 5.32 Å². The molecule has 0 bridgehead atoms. The maximum Gasteiger partial charge on any atom is 0.271 e. The Balaban J connectivity index is 1.69. The van der Waals surface area contributed by atoms with Crippen molar-refractivity contribution in [3.63, 3.8) is 0 Å². The number of nitrogens with one attached hydrogen (secondary N) is 1. The van der Waals surface area contributed by atoms with Crippen LogP contribution in [0.5, 0.6) is 0 Å². The van der Waals surface area contributed by atoms with Crippen LogP contribution in [0.2, 0.25) is 0 Å². The first-order valence-electron chi connectivity index (χ1n) is 8.11. The van der Waals surface area contributed by atoms with Gasteiger partial charge in [0.1, 0.15) is 0 Å². The maximum absolute atomic E-state index is 12.2. The van der Waals surface area contributed by atoms with E-state index in [4.69, 9.17) is 0 Å². The van der Waals surface area contributed by atoms with Gasteiger partial charge >= 0.3 is 0 Å². The lowest BCUT2D eigenvalue weighted by Crippen LogP contribution is -2.15. The van der Waals surface area contributed by atoms with Crippen LogP contribution in [-0.2, 0) is 4.79 Å². The molecular weight excluding hydrogens is 386 g/mol. The highest BCUT2D eigenvalue weighted by Gasteiger charge is 2.18. The van der Waals surface area contributed by atoms with Crippen LogP contribution in [0, 0.1) is 10.1 Å². The van der Waals surface area contributed by atoms with Gasteiger partial charge in [-0.1, -0.05) is 23.9 Å². The van der Waals surface area contributed by atoms with Crippen LogP contribution in [0.1, 0.15) is 19.9 Å². The van der Waals surface area contributed by atoms with Crippen molar-refractivity contribution in [3.8, 4) is 10.7 Å². The summed E-state index contributed by atoms with van der Waals surface area (Å²) >= 11 is 2.86. The lowest BCUT2D eigenvalue weighted by Gasteiger charge is -2.12. The van der Waals surface area contributed by atoms with Gasteiger partial charge in [0.2, 0.25) is 5.91 Å². The van der Waals surface area contributed by atoms with Crippen LogP contribution in [-0.4, -0.2) is 31.3 Å². The normalized spacial score (nSPS) is 10.9. The summed E-state index contributed by atoms with van der Waals surface area (Å²) in [5.41, 5.74) is 0.319. The molecule has 0 radical (unpaired) electrons. The van der Waals surface area contributed by atoms with Gasteiger partial charge in [-0.3, -0.25) is 19.5 Å². The molecule has 0 fully saturated rings. The molecule has 3 aromatic rings. The van der Waals surface area contributed by atoms with Crippen LogP contribution in [0.4, 0.5) is 11.4 Å². The minimum absolute atomic E-state index is 0.0689. The van der Waals surface area contributed by atoms with Crippen LogP contribution in [0.25, 0.3) is 10.7 Å². The standard InChI is InChI=1S/C17H17N5O3S2/c1-11(2)21-16(14-7-4-8-26-14)19-20-17(21)27-10-15(23)18-12-5-3-6-13(9-12)22(24)25/h3-9,11H,10H2,1-2H3,(H,18,23). The van der Waals surface area contributed by atoms with E-state index in [0.29, 0.717) is 10.8 Å². The SMILES string of the molecule is CC(C)n1c(SCC(=O)Nc2cccc([N+](=O)[O-])c2)nnc1-c1cccs1. The molecule has 8 nitrogen and oxygen atoms in total. The highest BCUT2D eigenvalue weighted by atomic mass is 32.2. The minimum Gasteiger partial charge on any atom is -0.325 e. The Labute approximate surface area is 163 Å². The second kappa shape index (κ2) is 8.31. The van der Waals surface area contributed by atoms with Gasteiger partial charge in [-0.25, -0.2) is 0 Å². The molecule has 1 aromatic carbocycles. The van der Waals surface area contributed by atoms with Crippen molar-refractivity contribution in [1.29, 1.82) is 0 Å². The van der Waals surface area contributed by atoms with Crippen molar-refractivity contribution in [2.24, 2.45) is 0 Å². The number of benzene rings is 1. The smallest absolute Gasteiger partial charge is 0.271 e. The van der Waals surface area contributed by atoms with Crippen molar-refractivity contribution in [3.05, 3.63) is 51.9 Å². The monoisotopic (exact) mass is 403 g/mol. The summed E-state index contributed by atoms with van der Waals surface area (Å²) in [6.07, 6.45) is 0. The second-order valence-corrected chi connectivity index (χ2v) is 7.78. The van der Waals surface area contributed by atoms with Crippen molar-refractivity contribution in [2.45, 2.75) is 25.0 Å². The van der Waals surface area contributed by atoms with Crippen LogP contribution >= 0.6 is 23.1 Å². The third kappa shape index (κ3) is 4.52. The molecule has 0 saturated carbocycles. The Morgan fingerprint density at radius 2 is 2.15 bits per heavy atom. The first kappa shape index (κ1) is 19.1. The number of carbonyl (C=O) groups is 1. The van der Waals surface area contributed by atoms with E-state index in [0.717, 1.165) is 10.7 Å². The van der Waals surface area contributed by atoms with E-state index < -0.39 is 4.92 Å². The molecular formula is C17H17N5O3S2. The number of aromatic nitrogens is 3. The number of thioether (sulfide) groups is 1. The van der Waals surface area contributed by atoms with E-state index in [2.05, 4.69) is 15.5 Å². The average Bonchev–Trinajstić information content (AvgIpc) is 3.29. The van der Waals surface area contributed by atoms with Crippen LogP contribution in [0.15, 0.2) is 46.9 Å². The summed E-state index contributed by atoms with van der Waals surface area (Å²) in [5, 5.41) is 24.6. The lowest BCUT2D eigenvalue weighted by molar-refractivity contribution is -0.384. The first-order valence-corrected chi connectivity index (χ1v) is 9.98. The molecule has 3 rings (SSSR count). The zero-order valence-corrected chi connectivity index (χ0v) is 16.3. The fourth-order valence-corrected chi connectivity index (χ4v) is 4.01. The van der Waals surface area contributed by atoms with Gasteiger partial charge in [0.05, 0.1) is 15.6 Å². The fraction of sp³-hybridized carbons (Fsp3) is 0.235. The molecule has 0 aliphatic rings. The second-order valence-electron chi connectivity index (χ2n) is 5.89. The van der Waals surface area contributed by atoms with E-state index in [-0.39, 0.29) is 23.4 Å². The molecule has 140 valence electrons. The topological polar surface area (TPSA) is 103 Å². The number of hydrogen-bond acceptors (Lipinski definition) is 7. The van der Waals surface area contributed by atoms with Crippen molar-refractivity contribution >= 4 is 40.4 Å². The zero-order chi connectivity index (χ0) is 19.4. The van der Waals surface area contributed by atoms with Crippen molar-refractivity contribution in [1.82, 2.24) is 14.8 Å². The van der Waals surface area contributed by atoms with E-state index in [1.54, 1.807) is 17.4 Å².